The van der Waals surface area contributed by atoms with Crippen molar-refractivity contribution < 1.29 is 23.9 Å². The number of allylic oxidation sites excluding steroid dienone is 2. The molecule has 2 aromatic rings. The quantitative estimate of drug-likeness (QED) is 0.399. The summed E-state index contributed by atoms with van der Waals surface area (Å²) in [7, 11) is 1.57. The Morgan fingerprint density at radius 2 is 1.44 bits per heavy atom. The molecule has 0 radical (unpaired) electrons. The first-order chi connectivity index (χ1) is 15.6. The predicted octanol–water partition coefficient (Wildman–Crippen LogP) is 3.51. The number of amides is 2. The normalized spacial score (nSPS) is 31.3. The van der Waals surface area contributed by atoms with Gasteiger partial charge in [-0.25, -0.2) is 0 Å². The highest BCUT2D eigenvalue weighted by Crippen LogP contribution is 2.65. The highest BCUT2D eigenvalue weighted by Gasteiger charge is 2.67. The Hall–Kier alpha value is -3.41. The molecule has 162 valence electrons. The van der Waals surface area contributed by atoms with Gasteiger partial charge in [0.2, 0.25) is 11.8 Å². The van der Waals surface area contributed by atoms with Crippen LogP contribution in [0.25, 0.3) is 0 Å². The number of benzene rings is 2. The molecule has 2 amide bonds. The van der Waals surface area contributed by atoms with Crippen LogP contribution in [0.3, 0.4) is 0 Å². The van der Waals surface area contributed by atoms with Gasteiger partial charge in [-0.15, -0.1) is 0 Å². The highest BCUT2D eigenvalue weighted by molar-refractivity contribution is 6.22. The van der Waals surface area contributed by atoms with Gasteiger partial charge in [-0.1, -0.05) is 12.2 Å². The highest BCUT2D eigenvalue weighted by atomic mass is 16.5. The molecule has 1 heterocycles. The van der Waals surface area contributed by atoms with E-state index in [9.17, 15) is 14.4 Å². The number of rotatable bonds is 6. The summed E-state index contributed by atoms with van der Waals surface area (Å²) in [4.78, 5) is 40.1. The standard InChI is InChI=1S/C26H23NO5/c1-31-16-6-2-14(3-7-16)22(28)13-32-17-8-4-15(5-9-17)27-25(29)23-18-10-11-19(21-12-20(18)21)24(23)26(27)30/h2-11,18-21,23-24H,12-13H2,1H3/t18-,19-,20-,21+,23+,24-/m1/s1. The van der Waals surface area contributed by atoms with E-state index in [0.717, 1.165) is 6.42 Å². The van der Waals surface area contributed by atoms with E-state index in [-0.39, 0.29) is 47.9 Å². The van der Waals surface area contributed by atoms with Crippen molar-refractivity contribution in [3.63, 3.8) is 0 Å². The Bertz CT molecular complexity index is 1100. The number of carbonyl (C=O) groups excluding carboxylic acids is 3. The third-order valence-corrected chi connectivity index (χ3v) is 7.54. The molecule has 7 rings (SSSR count). The van der Waals surface area contributed by atoms with Crippen LogP contribution in [0.2, 0.25) is 0 Å². The summed E-state index contributed by atoms with van der Waals surface area (Å²) in [6.45, 7) is -0.102. The summed E-state index contributed by atoms with van der Waals surface area (Å²) in [5.74, 6) is 2.07. The second-order valence-electron chi connectivity index (χ2n) is 9.10. The number of anilines is 1. The molecule has 4 aliphatic carbocycles. The van der Waals surface area contributed by atoms with Crippen molar-refractivity contribution in [3.05, 3.63) is 66.2 Å². The fraction of sp³-hybridized carbons (Fsp3) is 0.346. The molecular weight excluding hydrogens is 406 g/mol. The minimum absolute atomic E-state index is 0.0759. The lowest BCUT2D eigenvalue weighted by Crippen LogP contribution is -2.40. The molecule has 0 unspecified atom stereocenters. The first-order valence-electron chi connectivity index (χ1n) is 11.0. The van der Waals surface area contributed by atoms with Crippen molar-refractivity contribution in [3.8, 4) is 11.5 Å². The largest absolute Gasteiger partial charge is 0.497 e. The summed E-state index contributed by atoms with van der Waals surface area (Å²) in [5.41, 5.74) is 1.11. The van der Waals surface area contributed by atoms with Crippen LogP contribution in [0.15, 0.2) is 60.7 Å². The number of hydrogen-bond donors (Lipinski definition) is 0. The lowest BCUT2D eigenvalue weighted by atomic mass is 9.63. The van der Waals surface area contributed by atoms with Crippen LogP contribution in [0.4, 0.5) is 5.69 Å². The molecular formula is C26H23NO5. The Labute approximate surface area is 185 Å². The minimum atomic E-state index is -0.209. The number of methoxy groups -OCH3 is 1. The molecule has 0 aromatic heterocycles. The van der Waals surface area contributed by atoms with Crippen LogP contribution in [-0.2, 0) is 9.59 Å². The van der Waals surface area contributed by atoms with Crippen molar-refractivity contribution >= 4 is 23.3 Å². The van der Waals surface area contributed by atoms with E-state index in [4.69, 9.17) is 9.47 Å². The van der Waals surface area contributed by atoms with Gasteiger partial charge >= 0.3 is 0 Å². The Kier molecular flexibility index (Phi) is 4.25. The average Bonchev–Trinajstić information content (AvgIpc) is 3.61. The Morgan fingerprint density at radius 1 is 0.875 bits per heavy atom. The smallest absolute Gasteiger partial charge is 0.238 e. The summed E-state index contributed by atoms with van der Waals surface area (Å²) >= 11 is 0. The molecule has 0 N–H and O–H groups in total. The predicted molar refractivity (Wildman–Crippen MR) is 116 cm³/mol. The Balaban J connectivity index is 1.14. The maximum atomic E-state index is 13.2. The maximum Gasteiger partial charge on any atom is 0.238 e. The molecule has 1 saturated heterocycles. The van der Waals surface area contributed by atoms with Gasteiger partial charge in [-0.05, 0) is 78.6 Å². The lowest BCUT2D eigenvalue weighted by Gasteiger charge is -2.37. The monoisotopic (exact) mass is 429 g/mol. The number of nitrogens with zero attached hydrogens (tertiary/aromatic N) is 1. The van der Waals surface area contributed by atoms with Gasteiger partial charge in [0.1, 0.15) is 11.5 Å². The Morgan fingerprint density at radius 3 is 2.00 bits per heavy atom. The van der Waals surface area contributed by atoms with Crippen molar-refractivity contribution in [2.75, 3.05) is 18.6 Å². The number of hydrogen-bond acceptors (Lipinski definition) is 5. The fourth-order valence-electron chi connectivity index (χ4n) is 5.91. The lowest BCUT2D eigenvalue weighted by molar-refractivity contribution is -0.124. The molecule has 6 atom stereocenters. The van der Waals surface area contributed by atoms with Crippen molar-refractivity contribution in [1.29, 1.82) is 0 Å². The fourth-order valence-corrected chi connectivity index (χ4v) is 5.91. The van der Waals surface area contributed by atoms with Gasteiger partial charge in [0.25, 0.3) is 0 Å². The third kappa shape index (κ3) is 2.82. The zero-order valence-electron chi connectivity index (χ0n) is 17.6. The number of ketones is 1. The van der Waals surface area contributed by atoms with Crippen LogP contribution in [0.5, 0.6) is 11.5 Å². The van der Waals surface area contributed by atoms with Crippen LogP contribution in [0, 0.1) is 35.5 Å². The summed E-state index contributed by atoms with van der Waals surface area (Å²) in [6, 6.07) is 13.7. The van der Waals surface area contributed by atoms with Crippen molar-refractivity contribution in [2.24, 2.45) is 35.5 Å². The van der Waals surface area contributed by atoms with Crippen LogP contribution >= 0.6 is 0 Å². The van der Waals surface area contributed by atoms with Crippen molar-refractivity contribution in [1.82, 2.24) is 0 Å². The van der Waals surface area contributed by atoms with Crippen molar-refractivity contribution in [2.45, 2.75) is 6.42 Å². The zero-order chi connectivity index (χ0) is 22.0. The van der Waals surface area contributed by atoms with Gasteiger partial charge in [0, 0.05) is 5.56 Å². The molecule has 32 heavy (non-hydrogen) atoms. The molecule has 2 saturated carbocycles. The van der Waals surface area contributed by atoms with Crippen LogP contribution in [0.1, 0.15) is 16.8 Å². The first kappa shape index (κ1) is 19.3. The maximum absolute atomic E-state index is 13.2. The molecule has 5 aliphatic rings. The topological polar surface area (TPSA) is 72.9 Å². The summed E-state index contributed by atoms with van der Waals surface area (Å²) < 4.78 is 10.7. The van der Waals surface area contributed by atoms with Gasteiger partial charge in [-0.3, -0.25) is 19.3 Å². The van der Waals surface area contributed by atoms with Gasteiger partial charge < -0.3 is 9.47 Å². The molecule has 2 bridgehead atoms. The van der Waals surface area contributed by atoms with E-state index in [2.05, 4.69) is 12.2 Å². The first-order valence-corrected chi connectivity index (χ1v) is 11.0. The summed E-state index contributed by atoms with van der Waals surface area (Å²) in [5, 5.41) is 0. The van der Waals surface area contributed by atoms with Gasteiger partial charge in [-0.2, -0.15) is 0 Å². The molecule has 2 aromatic carbocycles. The number of imide groups is 1. The van der Waals surface area contributed by atoms with Gasteiger partial charge in [0.05, 0.1) is 24.6 Å². The van der Waals surface area contributed by atoms with E-state index < -0.39 is 0 Å². The zero-order valence-corrected chi connectivity index (χ0v) is 17.6. The SMILES string of the molecule is COc1ccc(C(=O)COc2ccc(N3C(=O)[C@@H]4[C@@H]5C=C[C@H]([C@H]6C[C@@H]56)[C@@H]4C3=O)cc2)cc1. The molecule has 3 fully saturated rings. The van der Waals surface area contributed by atoms with E-state index >= 15 is 0 Å². The molecule has 6 nitrogen and oxygen atoms in total. The van der Waals surface area contributed by atoms with Crippen LogP contribution < -0.4 is 14.4 Å². The van der Waals surface area contributed by atoms with E-state index in [1.807, 2.05) is 0 Å². The van der Waals surface area contributed by atoms with E-state index in [1.54, 1.807) is 55.6 Å². The number of carbonyl (C=O) groups is 3. The third-order valence-electron chi connectivity index (χ3n) is 7.54. The molecule has 1 aliphatic heterocycles. The second-order valence-corrected chi connectivity index (χ2v) is 9.10. The number of ether oxygens (including phenoxy) is 2. The van der Waals surface area contributed by atoms with E-state index in [0.29, 0.717) is 34.6 Å². The molecule has 0 spiro atoms. The minimum Gasteiger partial charge on any atom is -0.497 e. The molecule has 6 heteroatoms. The average molecular weight is 429 g/mol. The number of Topliss-reactive ketones (excluding diaryl/α,β-unsaturated/α-hetero) is 1. The second kappa shape index (κ2) is 7.05. The van der Waals surface area contributed by atoms with Crippen LogP contribution in [-0.4, -0.2) is 31.3 Å². The summed E-state index contributed by atoms with van der Waals surface area (Å²) in [6.07, 6.45) is 5.49. The van der Waals surface area contributed by atoms with Gasteiger partial charge in [0.15, 0.2) is 12.4 Å². The van der Waals surface area contributed by atoms with E-state index in [1.165, 1.54) is 4.90 Å².